The van der Waals surface area contributed by atoms with E-state index >= 15 is 0 Å². The van der Waals surface area contributed by atoms with E-state index in [-0.39, 0.29) is 18.2 Å². The molecule has 0 aromatic heterocycles. The van der Waals surface area contributed by atoms with Crippen molar-refractivity contribution in [3.8, 4) is 11.5 Å². The second kappa shape index (κ2) is 8.92. The van der Waals surface area contributed by atoms with Gasteiger partial charge in [-0.2, -0.15) is 0 Å². The third-order valence-corrected chi connectivity index (χ3v) is 3.23. The molecule has 6 nitrogen and oxygen atoms in total. The highest BCUT2D eigenvalue weighted by atomic mass is 16.5. The number of ether oxygens (including phenoxy) is 2. The average molecular weight is 308 g/mol. The Hall–Kier alpha value is -2.24. The summed E-state index contributed by atoms with van der Waals surface area (Å²) in [7, 11) is 3.14. The summed E-state index contributed by atoms with van der Waals surface area (Å²) in [6.45, 7) is 4.04. The van der Waals surface area contributed by atoms with Crippen molar-refractivity contribution < 1.29 is 19.1 Å². The molecule has 2 amide bonds. The molecule has 1 rings (SSSR count). The van der Waals surface area contributed by atoms with E-state index in [1.807, 2.05) is 19.1 Å². The number of hydrogen-bond donors (Lipinski definition) is 2. The Bertz CT molecular complexity index is 517. The van der Waals surface area contributed by atoms with Gasteiger partial charge in [0, 0.05) is 13.0 Å². The molecule has 0 radical (unpaired) electrons. The minimum Gasteiger partial charge on any atom is -0.493 e. The van der Waals surface area contributed by atoms with Gasteiger partial charge in [0.25, 0.3) is 0 Å². The minimum atomic E-state index is -0.542. The quantitative estimate of drug-likeness (QED) is 0.758. The van der Waals surface area contributed by atoms with E-state index < -0.39 is 6.04 Å². The molecule has 0 spiro atoms. The maximum Gasteiger partial charge on any atom is 0.242 e. The van der Waals surface area contributed by atoms with Gasteiger partial charge in [-0.05, 0) is 31.9 Å². The summed E-state index contributed by atoms with van der Waals surface area (Å²) in [6, 6.07) is 5.01. The number of carbonyl (C=O) groups excluding carboxylic acids is 2. The van der Waals surface area contributed by atoms with Crippen LogP contribution in [0.3, 0.4) is 0 Å². The number of rotatable bonds is 8. The highest BCUT2D eigenvalue weighted by Crippen LogP contribution is 2.31. The van der Waals surface area contributed by atoms with Crippen molar-refractivity contribution in [1.82, 2.24) is 10.6 Å². The predicted molar refractivity (Wildman–Crippen MR) is 84.2 cm³/mol. The Morgan fingerprint density at radius 1 is 1.23 bits per heavy atom. The molecule has 2 N–H and O–H groups in total. The average Bonchev–Trinajstić information content (AvgIpc) is 2.52. The minimum absolute atomic E-state index is 0.177. The molecule has 22 heavy (non-hydrogen) atoms. The molecular formula is C16H24N2O4. The maximum absolute atomic E-state index is 11.9. The monoisotopic (exact) mass is 308 g/mol. The zero-order chi connectivity index (χ0) is 16.5. The SMILES string of the molecule is CCNC(=O)[C@H](C)NC(=O)CCc1cccc(OC)c1OC. The van der Waals surface area contributed by atoms with E-state index in [9.17, 15) is 9.59 Å². The number of likely N-dealkylation sites (N-methyl/N-ethyl adjacent to an activating group) is 1. The summed E-state index contributed by atoms with van der Waals surface area (Å²) in [5, 5.41) is 5.35. The van der Waals surface area contributed by atoms with Crippen LogP contribution >= 0.6 is 0 Å². The van der Waals surface area contributed by atoms with Crippen LogP contribution in [0.2, 0.25) is 0 Å². The van der Waals surface area contributed by atoms with E-state index in [1.165, 1.54) is 0 Å². The van der Waals surface area contributed by atoms with Crippen LogP contribution in [0.5, 0.6) is 11.5 Å². The Morgan fingerprint density at radius 2 is 1.95 bits per heavy atom. The van der Waals surface area contributed by atoms with Gasteiger partial charge in [0.2, 0.25) is 11.8 Å². The molecule has 0 aliphatic rings. The first-order chi connectivity index (χ1) is 10.5. The molecule has 1 aromatic rings. The van der Waals surface area contributed by atoms with E-state index in [2.05, 4.69) is 10.6 Å². The van der Waals surface area contributed by atoms with Crippen molar-refractivity contribution in [3.63, 3.8) is 0 Å². The van der Waals surface area contributed by atoms with Crippen molar-refractivity contribution in [2.75, 3.05) is 20.8 Å². The van der Waals surface area contributed by atoms with Crippen molar-refractivity contribution >= 4 is 11.8 Å². The fraction of sp³-hybridized carbons (Fsp3) is 0.500. The smallest absolute Gasteiger partial charge is 0.242 e. The van der Waals surface area contributed by atoms with Crippen molar-refractivity contribution in [2.45, 2.75) is 32.7 Å². The fourth-order valence-corrected chi connectivity index (χ4v) is 2.11. The number of para-hydroxylation sites is 1. The molecule has 1 atom stereocenters. The number of aryl methyl sites for hydroxylation is 1. The van der Waals surface area contributed by atoms with E-state index in [4.69, 9.17) is 9.47 Å². The van der Waals surface area contributed by atoms with Crippen LogP contribution in [0.1, 0.15) is 25.8 Å². The molecular weight excluding hydrogens is 284 g/mol. The molecule has 122 valence electrons. The number of nitrogens with one attached hydrogen (secondary N) is 2. The molecule has 0 aliphatic carbocycles. The third kappa shape index (κ3) is 4.95. The number of amides is 2. The van der Waals surface area contributed by atoms with Crippen molar-refractivity contribution in [3.05, 3.63) is 23.8 Å². The van der Waals surface area contributed by atoms with E-state index in [0.29, 0.717) is 24.5 Å². The van der Waals surface area contributed by atoms with Gasteiger partial charge in [0.1, 0.15) is 6.04 Å². The lowest BCUT2D eigenvalue weighted by Crippen LogP contribution is -2.44. The van der Waals surface area contributed by atoms with Crippen molar-refractivity contribution in [2.24, 2.45) is 0 Å². The van der Waals surface area contributed by atoms with Crippen LogP contribution in [-0.2, 0) is 16.0 Å². The predicted octanol–water partition coefficient (Wildman–Crippen LogP) is 1.28. The molecule has 0 unspecified atom stereocenters. The Labute approximate surface area is 131 Å². The second-order valence-electron chi connectivity index (χ2n) is 4.84. The zero-order valence-corrected chi connectivity index (χ0v) is 13.6. The second-order valence-corrected chi connectivity index (χ2v) is 4.84. The standard InChI is InChI=1S/C16H24N2O4/c1-5-17-16(20)11(2)18-14(19)10-9-12-7-6-8-13(21-3)15(12)22-4/h6-8,11H,5,9-10H2,1-4H3,(H,17,20)(H,18,19)/t11-/m0/s1. The van der Waals surface area contributed by atoms with Crippen LogP contribution in [0, 0.1) is 0 Å². The molecule has 6 heteroatoms. The summed E-state index contributed by atoms with van der Waals surface area (Å²) in [6.07, 6.45) is 0.779. The third-order valence-electron chi connectivity index (χ3n) is 3.23. The summed E-state index contributed by atoms with van der Waals surface area (Å²) in [5.41, 5.74) is 0.891. The molecule has 0 aliphatic heterocycles. The van der Waals surface area contributed by atoms with Gasteiger partial charge >= 0.3 is 0 Å². The topological polar surface area (TPSA) is 76.7 Å². The molecule has 0 saturated heterocycles. The number of hydrogen-bond acceptors (Lipinski definition) is 4. The normalized spacial score (nSPS) is 11.5. The molecule has 0 fully saturated rings. The first-order valence-electron chi connectivity index (χ1n) is 7.30. The number of carbonyl (C=O) groups is 2. The van der Waals surface area contributed by atoms with E-state index in [0.717, 1.165) is 5.56 Å². The molecule has 0 heterocycles. The Morgan fingerprint density at radius 3 is 2.55 bits per heavy atom. The molecule has 1 aromatic carbocycles. The van der Waals surface area contributed by atoms with Gasteiger partial charge in [-0.1, -0.05) is 12.1 Å². The van der Waals surface area contributed by atoms with Crippen LogP contribution in [-0.4, -0.2) is 38.6 Å². The highest BCUT2D eigenvalue weighted by molar-refractivity contribution is 5.87. The summed E-state index contributed by atoms with van der Waals surface area (Å²) < 4.78 is 10.6. The van der Waals surface area contributed by atoms with Gasteiger partial charge in [-0.3, -0.25) is 9.59 Å². The lowest BCUT2D eigenvalue weighted by Gasteiger charge is -2.14. The maximum atomic E-state index is 11.9. The number of methoxy groups -OCH3 is 2. The molecule has 0 bridgehead atoms. The Kier molecular flexibility index (Phi) is 7.22. The first-order valence-corrected chi connectivity index (χ1v) is 7.30. The van der Waals surface area contributed by atoms with Gasteiger partial charge in [-0.15, -0.1) is 0 Å². The molecule has 0 saturated carbocycles. The Balaban J connectivity index is 2.59. The van der Waals surface area contributed by atoms with Crippen LogP contribution in [0.25, 0.3) is 0 Å². The van der Waals surface area contributed by atoms with Crippen LogP contribution in [0.4, 0.5) is 0 Å². The first kappa shape index (κ1) is 17.8. The van der Waals surface area contributed by atoms with Gasteiger partial charge in [0.05, 0.1) is 14.2 Å². The van der Waals surface area contributed by atoms with Gasteiger partial charge in [0.15, 0.2) is 11.5 Å². The van der Waals surface area contributed by atoms with Gasteiger partial charge in [-0.25, -0.2) is 0 Å². The largest absolute Gasteiger partial charge is 0.493 e. The fourth-order valence-electron chi connectivity index (χ4n) is 2.11. The van der Waals surface area contributed by atoms with Gasteiger partial charge < -0.3 is 20.1 Å². The lowest BCUT2D eigenvalue weighted by molar-refractivity contribution is -0.128. The van der Waals surface area contributed by atoms with Crippen molar-refractivity contribution in [1.29, 1.82) is 0 Å². The summed E-state index contributed by atoms with van der Waals surface area (Å²) >= 11 is 0. The summed E-state index contributed by atoms with van der Waals surface area (Å²) in [5.74, 6) is 0.907. The van der Waals surface area contributed by atoms with Crippen LogP contribution in [0.15, 0.2) is 18.2 Å². The highest BCUT2D eigenvalue weighted by Gasteiger charge is 2.16. The van der Waals surface area contributed by atoms with E-state index in [1.54, 1.807) is 27.2 Å². The van der Waals surface area contributed by atoms with Crippen LogP contribution < -0.4 is 20.1 Å². The number of benzene rings is 1. The summed E-state index contributed by atoms with van der Waals surface area (Å²) in [4.78, 5) is 23.5. The zero-order valence-electron chi connectivity index (χ0n) is 13.6. The lowest BCUT2D eigenvalue weighted by atomic mass is 10.1.